The van der Waals surface area contributed by atoms with E-state index < -0.39 is 0 Å². The SMILES string of the molecule is CN(Cc1cnn(C)c1)CC(O)C1CCCC1. The van der Waals surface area contributed by atoms with E-state index in [0.717, 1.165) is 13.1 Å². The van der Waals surface area contributed by atoms with Crippen LogP contribution >= 0.6 is 0 Å². The maximum absolute atomic E-state index is 10.1. The van der Waals surface area contributed by atoms with Gasteiger partial charge in [-0.2, -0.15) is 5.10 Å². The van der Waals surface area contributed by atoms with Crippen molar-refractivity contribution in [1.29, 1.82) is 0 Å². The lowest BCUT2D eigenvalue weighted by Crippen LogP contribution is -2.33. The molecule has 0 spiro atoms. The first kappa shape index (κ1) is 12.6. The Morgan fingerprint density at radius 3 is 2.82 bits per heavy atom. The number of aryl methyl sites for hydroxylation is 1. The molecule has 4 nitrogen and oxygen atoms in total. The minimum atomic E-state index is -0.167. The molecule has 96 valence electrons. The van der Waals surface area contributed by atoms with E-state index in [1.807, 2.05) is 24.1 Å². The van der Waals surface area contributed by atoms with Gasteiger partial charge in [0.15, 0.2) is 0 Å². The van der Waals surface area contributed by atoms with Gasteiger partial charge in [0.05, 0.1) is 12.3 Å². The van der Waals surface area contributed by atoms with Crippen molar-refractivity contribution in [3.8, 4) is 0 Å². The second kappa shape index (κ2) is 5.65. The molecular formula is C13H23N3O. The third kappa shape index (κ3) is 3.54. The van der Waals surface area contributed by atoms with E-state index in [0.29, 0.717) is 5.92 Å². The Labute approximate surface area is 103 Å². The Bertz CT molecular complexity index is 344. The molecule has 1 N–H and O–H groups in total. The Hall–Kier alpha value is -0.870. The highest BCUT2D eigenvalue weighted by Gasteiger charge is 2.23. The van der Waals surface area contributed by atoms with Crippen LogP contribution in [0.4, 0.5) is 0 Å². The van der Waals surface area contributed by atoms with Crippen molar-refractivity contribution in [3.63, 3.8) is 0 Å². The molecule has 1 atom stereocenters. The van der Waals surface area contributed by atoms with Crippen molar-refractivity contribution in [2.24, 2.45) is 13.0 Å². The molecule has 2 rings (SSSR count). The van der Waals surface area contributed by atoms with Gasteiger partial charge in [0, 0.05) is 31.9 Å². The number of hydrogen-bond donors (Lipinski definition) is 1. The fraction of sp³-hybridized carbons (Fsp3) is 0.769. The van der Waals surface area contributed by atoms with Crippen molar-refractivity contribution >= 4 is 0 Å². The number of aliphatic hydroxyl groups excluding tert-OH is 1. The molecule has 1 aliphatic rings. The molecule has 0 saturated heterocycles. The Morgan fingerprint density at radius 2 is 2.24 bits per heavy atom. The summed E-state index contributed by atoms with van der Waals surface area (Å²) in [4.78, 5) is 2.18. The molecule has 1 aliphatic carbocycles. The molecule has 1 saturated carbocycles. The van der Waals surface area contributed by atoms with Crippen molar-refractivity contribution in [1.82, 2.24) is 14.7 Å². The highest BCUT2D eigenvalue weighted by atomic mass is 16.3. The highest BCUT2D eigenvalue weighted by Crippen LogP contribution is 2.28. The molecular weight excluding hydrogens is 214 g/mol. The zero-order valence-electron chi connectivity index (χ0n) is 10.8. The summed E-state index contributed by atoms with van der Waals surface area (Å²) in [6.07, 6.45) is 8.71. The lowest BCUT2D eigenvalue weighted by atomic mass is 10.0. The number of aliphatic hydroxyl groups is 1. The normalized spacial score (nSPS) is 19.1. The third-order valence-electron chi connectivity index (χ3n) is 3.65. The summed E-state index contributed by atoms with van der Waals surface area (Å²) in [5.74, 6) is 0.520. The number of likely N-dealkylation sites (N-methyl/N-ethyl adjacent to an activating group) is 1. The van der Waals surface area contributed by atoms with E-state index in [2.05, 4.69) is 17.0 Å². The molecule has 1 unspecified atom stereocenters. The first-order valence-electron chi connectivity index (χ1n) is 6.49. The predicted octanol–water partition coefficient (Wildman–Crippen LogP) is 1.40. The fourth-order valence-electron chi connectivity index (χ4n) is 2.74. The minimum absolute atomic E-state index is 0.167. The second-order valence-electron chi connectivity index (χ2n) is 5.33. The quantitative estimate of drug-likeness (QED) is 0.841. The van der Waals surface area contributed by atoms with Gasteiger partial charge in [-0.15, -0.1) is 0 Å². The molecule has 0 radical (unpaired) electrons. The van der Waals surface area contributed by atoms with Gasteiger partial charge in [-0.1, -0.05) is 12.8 Å². The summed E-state index contributed by atoms with van der Waals surface area (Å²) in [7, 11) is 3.99. The van der Waals surface area contributed by atoms with Crippen LogP contribution in [0.2, 0.25) is 0 Å². The van der Waals surface area contributed by atoms with Gasteiger partial charge in [0.1, 0.15) is 0 Å². The smallest absolute Gasteiger partial charge is 0.0695 e. The zero-order valence-corrected chi connectivity index (χ0v) is 10.8. The second-order valence-corrected chi connectivity index (χ2v) is 5.33. The number of rotatable bonds is 5. The van der Waals surface area contributed by atoms with Crippen LogP contribution < -0.4 is 0 Å². The number of nitrogens with zero attached hydrogens (tertiary/aromatic N) is 3. The zero-order chi connectivity index (χ0) is 12.3. The van der Waals surface area contributed by atoms with Crippen molar-refractivity contribution in [2.75, 3.05) is 13.6 Å². The van der Waals surface area contributed by atoms with Gasteiger partial charge in [-0.05, 0) is 25.8 Å². The Morgan fingerprint density at radius 1 is 1.53 bits per heavy atom. The fourth-order valence-corrected chi connectivity index (χ4v) is 2.74. The van der Waals surface area contributed by atoms with Gasteiger partial charge in [-0.25, -0.2) is 0 Å². The first-order chi connectivity index (χ1) is 8.15. The molecule has 0 aliphatic heterocycles. The summed E-state index contributed by atoms with van der Waals surface area (Å²) in [5, 5.41) is 14.3. The van der Waals surface area contributed by atoms with Gasteiger partial charge < -0.3 is 5.11 Å². The average Bonchev–Trinajstić information content (AvgIpc) is 2.89. The van der Waals surface area contributed by atoms with Crippen LogP contribution in [-0.2, 0) is 13.6 Å². The van der Waals surface area contributed by atoms with Gasteiger partial charge >= 0.3 is 0 Å². The Kier molecular flexibility index (Phi) is 4.18. The molecule has 4 heteroatoms. The highest BCUT2D eigenvalue weighted by molar-refractivity contribution is 5.03. The molecule has 17 heavy (non-hydrogen) atoms. The van der Waals surface area contributed by atoms with E-state index in [9.17, 15) is 5.11 Å². The minimum Gasteiger partial charge on any atom is -0.392 e. The van der Waals surface area contributed by atoms with E-state index in [-0.39, 0.29) is 6.10 Å². The van der Waals surface area contributed by atoms with Crippen LogP contribution in [0.5, 0.6) is 0 Å². The van der Waals surface area contributed by atoms with Crippen LogP contribution in [0.1, 0.15) is 31.2 Å². The summed E-state index contributed by atoms with van der Waals surface area (Å²) >= 11 is 0. The molecule has 1 heterocycles. The average molecular weight is 237 g/mol. The van der Waals surface area contributed by atoms with Crippen molar-refractivity contribution < 1.29 is 5.11 Å². The molecule has 0 amide bonds. The summed E-state index contributed by atoms with van der Waals surface area (Å²) in [6.45, 7) is 1.62. The van der Waals surface area contributed by atoms with E-state index in [1.165, 1.54) is 31.2 Å². The van der Waals surface area contributed by atoms with Crippen LogP contribution in [0.3, 0.4) is 0 Å². The summed E-state index contributed by atoms with van der Waals surface area (Å²) < 4.78 is 1.82. The van der Waals surface area contributed by atoms with Crippen LogP contribution in [0.25, 0.3) is 0 Å². The summed E-state index contributed by atoms with van der Waals surface area (Å²) in [5.41, 5.74) is 1.20. The van der Waals surface area contributed by atoms with Crippen LogP contribution in [0, 0.1) is 5.92 Å². The Balaban J connectivity index is 1.78. The van der Waals surface area contributed by atoms with E-state index in [4.69, 9.17) is 0 Å². The number of hydrogen-bond acceptors (Lipinski definition) is 3. The number of aromatic nitrogens is 2. The monoisotopic (exact) mass is 237 g/mol. The molecule has 0 aromatic carbocycles. The maximum atomic E-state index is 10.1. The van der Waals surface area contributed by atoms with Crippen molar-refractivity contribution in [2.45, 2.75) is 38.3 Å². The third-order valence-corrected chi connectivity index (χ3v) is 3.65. The van der Waals surface area contributed by atoms with Crippen LogP contribution in [0.15, 0.2) is 12.4 Å². The van der Waals surface area contributed by atoms with Gasteiger partial charge in [0.25, 0.3) is 0 Å². The first-order valence-corrected chi connectivity index (χ1v) is 6.49. The summed E-state index contributed by atoms with van der Waals surface area (Å²) in [6, 6.07) is 0. The molecule has 1 aromatic heterocycles. The molecule has 1 aromatic rings. The van der Waals surface area contributed by atoms with E-state index in [1.54, 1.807) is 0 Å². The maximum Gasteiger partial charge on any atom is 0.0695 e. The van der Waals surface area contributed by atoms with Gasteiger partial charge in [-0.3, -0.25) is 9.58 Å². The predicted molar refractivity (Wildman–Crippen MR) is 67.5 cm³/mol. The molecule has 0 bridgehead atoms. The lowest BCUT2D eigenvalue weighted by molar-refractivity contribution is 0.0725. The van der Waals surface area contributed by atoms with Crippen molar-refractivity contribution in [3.05, 3.63) is 18.0 Å². The molecule has 1 fully saturated rings. The lowest BCUT2D eigenvalue weighted by Gasteiger charge is -2.23. The van der Waals surface area contributed by atoms with Gasteiger partial charge in [0.2, 0.25) is 0 Å². The standard InChI is InChI=1S/C13H23N3O/c1-15(8-11-7-14-16(2)9-11)10-13(17)12-5-3-4-6-12/h7,9,12-13,17H,3-6,8,10H2,1-2H3. The topological polar surface area (TPSA) is 41.3 Å². The van der Waals surface area contributed by atoms with E-state index >= 15 is 0 Å². The largest absolute Gasteiger partial charge is 0.392 e. The van der Waals surface area contributed by atoms with Crippen LogP contribution in [-0.4, -0.2) is 39.5 Å².